The van der Waals surface area contributed by atoms with Crippen LogP contribution in [-0.2, 0) is 27.7 Å². The van der Waals surface area contributed by atoms with E-state index in [0.717, 1.165) is 21.8 Å². The van der Waals surface area contributed by atoms with Crippen LogP contribution in [0.4, 0.5) is 0 Å². The number of hydrogen-bond acceptors (Lipinski definition) is 7. The van der Waals surface area contributed by atoms with Crippen molar-refractivity contribution in [2.24, 2.45) is 0 Å². The maximum Gasteiger partial charge on any atom is 0.342 e. The number of thiazole rings is 1. The third kappa shape index (κ3) is 5.43. The van der Waals surface area contributed by atoms with Gasteiger partial charge in [0.15, 0.2) is 9.84 Å². The van der Waals surface area contributed by atoms with E-state index in [2.05, 4.69) is 10.1 Å². The Labute approximate surface area is 203 Å². The topological polar surface area (TPSA) is 91.2 Å². The number of carbonyl (C=O) groups is 1. The van der Waals surface area contributed by atoms with Gasteiger partial charge in [-0.3, -0.25) is 4.68 Å². The van der Waals surface area contributed by atoms with Gasteiger partial charge in [-0.15, -0.1) is 11.3 Å². The number of nitrogens with zero attached hydrogens (tertiary/aromatic N) is 3. The molecule has 2 heterocycles. The van der Waals surface area contributed by atoms with Crippen molar-refractivity contribution >= 4 is 27.1 Å². The van der Waals surface area contributed by atoms with Gasteiger partial charge in [0.2, 0.25) is 0 Å². The summed E-state index contributed by atoms with van der Waals surface area (Å²) in [5.41, 5.74) is 3.83. The number of hydrogen-bond donors (Lipinski definition) is 0. The largest absolute Gasteiger partial charge is 0.455 e. The first-order valence-corrected chi connectivity index (χ1v) is 13.5. The van der Waals surface area contributed by atoms with Crippen molar-refractivity contribution in [2.75, 3.05) is 6.26 Å². The highest BCUT2D eigenvalue weighted by Gasteiger charge is 2.22. The van der Waals surface area contributed by atoms with Crippen LogP contribution in [0.1, 0.15) is 47.1 Å². The van der Waals surface area contributed by atoms with Crippen LogP contribution in [-0.4, -0.2) is 35.4 Å². The van der Waals surface area contributed by atoms with Gasteiger partial charge in [-0.05, 0) is 23.6 Å². The van der Waals surface area contributed by atoms with Crippen molar-refractivity contribution in [3.05, 3.63) is 88.7 Å². The summed E-state index contributed by atoms with van der Waals surface area (Å²) in [5.74, 6) is -0.343. The standard InChI is InChI=1S/C25H25N3O4S2/c1-17(2)23-22(13-26-28(23)14-18-7-5-4-6-8-18)25(29)32-15-20-16-33-24(27-20)19-9-11-21(12-10-19)34(3,30)31/h4-13,16-17H,14-15H2,1-3H3. The lowest BCUT2D eigenvalue weighted by Gasteiger charge is -2.12. The molecule has 0 atom stereocenters. The molecule has 7 nitrogen and oxygen atoms in total. The number of ether oxygens (including phenoxy) is 1. The Balaban J connectivity index is 1.45. The van der Waals surface area contributed by atoms with Crippen LogP contribution in [0, 0.1) is 0 Å². The predicted molar refractivity (Wildman–Crippen MR) is 132 cm³/mol. The van der Waals surface area contributed by atoms with Crippen molar-refractivity contribution in [3.8, 4) is 10.6 Å². The minimum atomic E-state index is -3.25. The number of sulfone groups is 1. The Hall–Kier alpha value is -3.30. The van der Waals surface area contributed by atoms with Gasteiger partial charge in [-0.1, -0.05) is 56.3 Å². The van der Waals surface area contributed by atoms with Crippen molar-refractivity contribution in [2.45, 2.75) is 37.8 Å². The summed E-state index contributed by atoms with van der Waals surface area (Å²) in [6.07, 6.45) is 2.74. The predicted octanol–water partition coefficient (Wildman–Crippen LogP) is 4.94. The van der Waals surface area contributed by atoms with Gasteiger partial charge in [0.25, 0.3) is 0 Å². The Morgan fingerprint density at radius 2 is 1.79 bits per heavy atom. The van der Waals surface area contributed by atoms with Crippen molar-refractivity contribution in [1.29, 1.82) is 0 Å². The lowest BCUT2D eigenvalue weighted by atomic mass is 10.1. The minimum Gasteiger partial charge on any atom is -0.455 e. The van der Waals surface area contributed by atoms with Gasteiger partial charge >= 0.3 is 5.97 Å². The molecule has 0 saturated carbocycles. The van der Waals surface area contributed by atoms with Gasteiger partial charge in [-0.2, -0.15) is 5.10 Å². The highest BCUT2D eigenvalue weighted by Crippen LogP contribution is 2.26. The van der Waals surface area contributed by atoms with Crippen molar-refractivity contribution in [1.82, 2.24) is 14.8 Å². The molecule has 0 N–H and O–H groups in total. The van der Waals surface area contributed by atoms with Crippen LogP contribution in [0.5, 0.6) is 0 Å². The Bertz CT molecular complexity index is 1390. The molecule has 0 aliphatic heterocycles. The SMILES string of the molecule is CC(C)c1c(C(=O)OCc2csc(-c3ccc(S(C)(=O)=O)cc3)n2)cnn1Cc1ccccc1. The zero-order chi connectivity index (χ0) is 24.3. The van der Waals surface area contributed by atoms with Crippen LogP contribution in [0.25, 0.3) is 10.6 Å². The molecule has 9 heteroatoms. The second-order valence-electron chi connectivity index (χ2n) is 8.26. The number of rotatable bonds is 8. The van der Waals surface area contributed by atoms with Crippen LogP contribution in [0.3, 0.4) is 0 Å². The fourth-order valence-electron chi connectivity index (χ4n) is 3.61. The second-order valence-corrected chi connectivity index (χ2v) is 11.1. The first-order valence-electron chi connectivity index (χ1n) is 10.7. The molecule has 2 aromatic carbocycles. The smallest absolute Gasteiger partial charge is 0.342 e. The van der Waals surface area contributed by atoms with Crippen LogP contribution < -0.4 is 0 Å². The van der Waals surface area contributed by atoms with Crippen LogP contribution in [0.2, 0.25) is 0 Å². The van der Waals surface area contributed by atoms with E-state index in [1.165, 1.54) is 17.6 Å². The van der Waals surface area contributed by atoms with Crippen LogP contribution in [0.15, 0.2) is 71.1 Å². The maximum absolute atomic E-state index is 12.9. The Kier molecular flexibility index (Phi) is 6.95. The Morgan fingerprint density at radius 3 is 2.44 bits per heavy atom. The minimum absolute atomic E-state index is 0.0398. The summed E-state index contributed by atoms with van der Waals surface area (Å²) in [6.45, 7) is 4.67. The second kappa shape index (κ2) is 9.90. The average molecular weight is 496 g/mol. The molecule has 0 bridgehead atoms. The van der Waals surface area contributed by atoms with Crippen molar-refractivity contribution < 1.29 is 17.9 Å². The van der Waals surface area contributed by atoms with E-state index in [1.807, 2.05) is 54.2 Å². The number of carbonyl (C=O) groups excluding carboxylic acids is 1. The number of aromatic nitrogens is 3. The van der Waals surface area contributed by atoms with E-state index in [-0.39, 0.29) is 17.4 Å². The van der Waals surface area contributed by atoms with E-state index < -0.39 is 15.8 Å². The van der Waals surface area contributed by atoms with E-state index in [0.29, 0.717) is 17.8 Å². The summed E-state index contributed by atoms with van der Waals surface area (Å²) in [6, 6.07) is 16.5. The molecule has 2 aromatic heterocycles. The Morgan fingerprint density at radius 1 is 1.09 bits per heavy atom. The molecule has 0 radical (unpaired) electrons. The molecule has 0 fully saturated rings. The van der Waals surface area contributed by atoms with Gasteiger partial charge in [-0.25, -0.2) is 18.2 Å². The summed E-state index contributed by atoms with van der Waals surface area (Å²) < 4.78 is 30.7. The fraction of sp³-hybridized carbons (Fsp3) is 0.240. The highest BCUT2D eigenvalue weighted by molar-refractivity contribution is 7.90. The monoisotopic (exact) mass is 495 g/mol. The molecule has 4 rings (SSSR count). The molecular weight excluding hydrogens is 470 g/mol. The fourth-order valence-corrected chi connectivity index (χ4v) is 5.05. The molecule has 0 amide bonds. The van der Waals surface area contributed by atoms with E-state index in [9.17, 15) is 13.2 Å². The summed E-state index contributed by atoms with van der Waals surface area (Å²) in [4.78, 5) is 17.6. The van der Waals surface area contributed by atoms with E-state index in [1.54, 1.807) is 30.5 Å². The van der Waals surface area contributed by atoms with Gasteiger partial charge < -0.3 is 4.74 Å². The molecule has 0 aliphatic carbocycles. The summed E-state index contributed by atoms with van der Waals surface area (Å²) >= 11 is 1.41. The number of esters is 1. The molecule has 176 valence electrons. The van der Waals surface area contributed by atoms with Crippen molar-refractivity contribution in [3.63, 3.8) is 0 Å². The molecule has 0 saturated heterocycles. The van der Waals surface area contributed by atoms with Gasteiger partial charge in [0.05, 0.1) is 29.0 Å². The zero-order valence-electron chi connectivity index (χ0n) is 19.1. The lowest BCUT2D eigenvalue weighted by Crippen LogP contribution is -2.12. The molecule has 0 unspecified atom stereocenters. The van der Waals surface area contributed by atoms with E-state index >= 15 is 0 Å². The first-order chi connectivity index (χ1) is 16.2. The molecular formula is C25H25N3O4S2. The quantitative estimate of drug-likeness (QED) is 0.322. The normalized spacial score (nSPS) is 11.6. The average Bonchev–Trinajstić information content (AvgIpc) is 3.45. The van der Waals surface area contributed by atoms with Crippen LogP contribution >= 0.6 is 11.3 Å². The highest BCUT2D eigenvalue weighted by atomic mass is 32.2. The van der Waals surface area contributed by atoms with Gasteiger partial charge in [0, 0.05) is 17.2 Å². The number of benzene rings is 2. The molecule has 0 spiro atoms. The molecule has 34 heavy (non-hydrogen) atoms. The van der Waals surface area contributed by atoms with E-state index in [4.69, 9.17) is 4.74 Å². The third-order valence-corrected chi connectivity index (χ3v) is 7.32. The zero-order valence-corrected chi connectivity index (χ0v) is 20.8. The summed E-state index contributed by atoms with van der Waals surface area (Å²) in [5, 5.41) is 6.99. The molecule has 4 aromatic rings. The lowest BCUT2D eigenvalue weighted by molar-refractivity contribution is 0.0466. The first kappa shape index (κ1) is 23.8. The summed E-state index contributed by atoms with van der Waals surface area (Å²) in [7, 11) is -3.25. The molecule has 0 aliphatic rings. The van der Waals surface area contributed by atoms with Gasteiger partial charge in [0.1, 0.15) is 17.2 Å². The maximum atomic E-state index is 12.9. The third-order valence-electron chi connectivity index (χ3n) is 5.25.